The first-order valence-electron chi connectivity index (χ1n) is 10.8. The summed E-state index contributed by atoms with van der Waals surface area (Å²) in [6, 6.07) is 5.03. The molecule has 1 saturated carbocycles. The Morgan fingerprint density at radius 3 is 2.87 bits per heavy atom. The van der Waals surface area contributed by atoms with Crippen LogP contribution in [0.4, 0.5) is 5.95 Å². The number of aromatic nitrogens is 8. The Hall–Kier alpha value is -3.40. The molecule has 1 unspecified atom stereocenters. The number of fused-ring (bicyclic) bond motifs is 5. The summed E-state index contributed by atoms with van der Waals surface area (Å²) in [7, 11) is 2.09. The number of nitrogens with one attached hydrogen (secondary N) is 2. The smallest absolute Gasteiger partial charge is 0.245 e. The molecule has 0 spiro atoms. The maximum atomic E-state index is 4.67. The highest BCUT2D eigenvalue weighted by molar-refractivity contribution is 5.97. The summed E-state index contributed by atoms with van der Waals surface area (Å²) < 4.78 is 1.71. The van der Waals surface area contributed by atoms with E-state index >= 15 is 0 Å². The van der Waals surface area contributed by atoms with Crippen molar-refractivity contribution in [3.8, 4) is 16.9 Å². The van der Waals surface area contributed by atoms with Crippen molar-refractivity contribution in [2.75, 3.05) is 18.5 Å². The fourth-order valence-electron chi connectivity index (χ4n) is 4.99. The molecule has 2 N–H and O–H groups in total. The van der Waals surface area contributed by atoms with E-state index in [1.165, 1.54) is 19.3 Å². The first-order valence-corrected chi connectivity index (χ1v) is 10.8. The fourth-order valence-corrected chi connectivity index (χ4v) is 4.99. The van der Waals surface area contributed by atoms with Gasteiger partial charge in [0, 0.05) is 30.1 Å². The van der Waals surface area contributed by atoms with Crippen LogP contribution in [0.15, 0.2) is 36.9 Å². The van der Waals surface area contributed by atoms with Gasteiger partial charge in [-0.15, -0.1) is 15.3 Å². The zero-order chi connectivity index (χ0) is 20.8. The lowest BCUT2D eigenvalue weighted by Crippen LogP contribution is -2.38. The van der Waals surface area contributed by atoms with Gasteiger partial charge in [0.25, 0.3) is 0 Å². The number of nitrogens with zero attached hydrogens (tertiary/aromatic N) is 8. The molecule has 4 aromatic rings. The molecule has 7 rings (SSSR count). The van der Waals surface area contributed by atoms with Gasteiger partial charge in [-0.3, -0.25) is 5.10 Å². The fraction of sp³-hybridized carbons (Fsp3) is 0.429. The van der Waals surface area contributed by atoms with E-state index in [2.05, 4.69) is 53.0 Å². The molecule has 10 heteroatoms. The van der Waals surface area contributed by atoms with Gasteiger partial charge in [0.1, 0.15) is 5.69 Å². The molecular formula is C21H24N10. The van der Waals surface area contributed by atoms with Gasteiger partial charge in [0.15, 0.2) is 0 Å². The van der Waals surface area contributed by atoms with Gasteiger partial charge in [0.05, 0.1) is 36.0 Å². The molecule has 2 aliphatic heterocycles. The average Bonchev–Trinajstić information content (AvgIpc) is 3.44. The van der Waals surface area contributed by atoms with Crippen LogP contribution in [0.5, 0.6) is 0 Å². The van der Waals surface area contributed by atoms with Crippen molar-refractivity contribution >= 4 is 16.9 Å². The largest absolute Gasteiger partial charge is 0.340 e. The van der Waals surface area contributed by atoms with E-state index in [0.717, 1.165) is 46.7 Å². The standard InChI is InChI=1S/C21H24N10/c1-30(15-8-13-2-3-14(9-15)22-10-13)21-23-12-18(26-28-21)16-4-5-19(31-7-6-24-29-31)20-17(16)11-25-27-20/h4-7,11-15,22H,2-3,8-10H2,1H3,(H,25,27)/t13?,14-,15-/m0/s1. The Morgan fingerprint density at radius 1 is 1.13 bits per heavy atom. The number of aromatic amines is 1. The maximum absolute atomic E-state index is 4.67. The minimum atomic E-state index is 0.447. The second-order valence-electron chi connectivity index (χ2n) is 8.57. The van der Waals surface area contributed by atoms with Crippen molar-refractivity contribution in [1.82, 2.24) is 45.7 Å². The predicted molar refractivity (Wildman–Crippen MR) is 116 cm³/mol. The first-order chi connectivity index (χ1) is 15.3. The number of piperidine rings is 1. The summed E-state index contributed by atoms with van der Waals surface area (Å²) in [4.78, 5) is 6.87. The van der Waals surface area contributed by atoms with Crippen LogP contribution in [0, 0.1) is 5.92 Å². The predicted octanol–water partition coefficient (Wildman–Crippen LogP) is 1.96. The van der Waals surface area contributed by atoms with Crippen LogP contribution in [0.1, 0.15) is 25.7 Å². The molecule has 0 radical (unpaired) electrons. The highest BCUT2D eigenvalue weighted by Gasteiger charge is 2.33. The Labute approximate surface area is 179 Å². The molecule has 10 nitrogen and oxygen atoms in total. The Morgan fingerprint density at radius 2 is 2.10 bits per heavy atom. The maximum Gasteiger partial charge on any atom is 0.245 e. The second-order valence-corrected chi connectivity index (χ2v) is 8.57. The van der Waals surface area contributed by atoms with E-state index in [4.69, 9.17) is 0 Å². The van der Waals surface area contributed by atoms with Crippen LogP contribution < -0.4 is 10.2 Å². The summed E-state index contributed by atoms with van der Waals surface area (Å²) in [6.07, 6.45) is 12.0. The van der Waals surface area contributed by atoms with E-state index in [9.17, 15) is 0 Å². The molecule has 3 atom stereocenters. The lowest BCUT2D eigenvalue weighted by atomic mass is 9.96. The van der Waals surface area contributed by atoms with Crippen molar-refractivity contribution in [2.24, 2.45) is 5.92 Å². The lowest BCUT2D eigenvalue weighted by Gasteiger charge is -2.28. The number of hydrogen-bond donors (Lipinski definition) is 2. The summed E-state index contributed by atoms with van der Waals surface area (Å²) in [5, 5.41) is 28.9. The van der Waals surface area contributed by atoms with E-state index in [1.807, 2.05) is 12.1 Å². The highest BCUT2D eigenvalue weighted by atomic mass is 15.4. The van der Waals surface area contributed by atoms with Crippen LogP contribution in [-0.4, -0.2) is 66.0 Å². The molecular weight excluding hydrogens is 392 g/mol. The highest BCUT2D eigenvalue weighted by Crippen LogP contribution is 2.32. The van der Waals surface area contributed by atoms with Crippen LogP contribution in [-0.2, 0) is 0 Å². The van der Waals surface area contributed by atoms with Gasteiger partial charge in [-0.25, -0.2) is 9.67 Å². The van der Waals surface area contributed by atoms with Gasteiger partial charge in [-0.2, -0.15) is 5.10 Å². The van der Waals surface area contributed by atoms with E-state index in [0.29, 0.717) is 18.0 Å². The minimum Gasteiger partial charge on any atom is -0.340 e. The third-order valence-corrected chi connectivity index (χ3v) is 6.73. The van der Waals surface area contributed by atoms with Gasteiger partial charge < -0.3 is 10.2 Å². The van der Waals surface area contributed by atoms with E-state index in [1.54, 1.807) is 29.5 Å². The third kappa shape index (κ3) is 3.23. The molecule has 31 heavy (non-hydrogen) atoms. The number of H-pyrrole nitrogens is 1. The average molecular weight is 416 g/mol. The van der Waals surface area contributed by atoms with Crippen molar-refractivity contribution in [3.63, 3.8) is 0 Å². The number of rotatable bonds is 4. The number of anilines is 1. The molecule has 1 aliphatic carbocycles. The first kappa shape index (κ1) is 18.4. The number of hydrogen-bond acceptors (Lipinski definition) is 8. The summed E-state index contributed by atoms with van der Waals surface area (Å²) in [6.45, 7) is 1.14. The topological polar surface area (TPSA) is 113 Å². The second kappa shape index (κ2) is 7.38. The minimum absolute atomic E-state index is 0.447. The Kier molecular flexibility index (Phi) is 4.37. The molecule has 1 aromatic carbocycles. The number of benzene rings is 1. The van der Waals surface area contributed by atoms with Gasteiger partial charge in [0.2, 0.25) is 5.95 Å². The molecule has 2 bridgehead atoms. The van der Waals surface area contributed by atoms with Gasteiger partial charge in [-0.1, -0.05) is 5.21 Å². The van der Waals surface area contributed by atoms with Crippen molar-refractivity contribution in [2.45, 2.75) is 37.8 Å². The monoisotopic (exact) mass is 416 g/mol. The van der Waals surface area contributed by atoms with Gasteiger partial charge in [-0.05, 0) is 50.3 Å². The van der Waals surface area contributed by atoms with E-state index in [-0.39, 0.29) is 0 Å². The molecule has 5 heterocycles. The normalized spacial score (nSPS) is 23.2. The van der Waals surface area contributed by atoms with Crippen LogP contribution in [0.25, 0.3) is 27.8 Å². The summed E-state index contributed by atoms with van der Waals surface area (Å²) >= 11 is 0. The zero-order valence-corrected chi connectivity index (χ0v) is 17.3. The van der Waals surface area contributed by atoms with Crippen molar-refractivity contribution < 1.29 is 0 Å². The lowest BCUT2D eigenvalue weighted by molar-refractivity contribution is 0.342. The van der Waals surface area contributed by atoms with Gasteiger partial charge >= 0.3 is 0 Å². The van der Waals surface area contributed by atoms with Crippen molar-refractivity contribution in [1.29, 1.82) is 0 Å². The zero-order valence-electron chi connectivity index (χ0n) is 17.3. The van der Waals surface area contributed by atoms with Crippen molar-refractivity contribution in [3.05, 3.63) is 36.9 Å². The summed E-state index contributed by atoms with van der Waals surface area (Å²) in [5.41, 5.74) is 3.39. The SMILES string of the molecule is CN(c1ncc(-c2ccc(-n3ccnn3)c3[nH]ncc23)nn1)[C@H]1CC2CC[C@@H](C1)NC2. The molecule has 2 saturated heterocycles. The van der Waals surface area contributed by atoms with Crippen LogP contribution in [0.3, 0.4) is 0 Å². The molecule has 3 aliphatic rings. The quantitative estimate of drug-likeness (QED) is 0.519. The molecule has 0 amide bonds. The van der Waals surface area contributed by atoms with Crippen LogP contribution >= 0.6 is 0 Å². The molecule has 158 valence electrons. The Balaban J connectivity index is 1.29. The summed E-state index contributed by atoms with van der Waals surface area (Å²) in [5.74, 6) is 1.43. The molecule has 3 aromatic heterocycles. The van der Waals surface area contributed by atoms with Crippen LogP contribution in [0.2, 0.25) is 0 Å². The molecule has 3 fully saturated rings. The third-order valence-electron chi connectivity index (χ3n) is 6.73. The Bertz CT molecular complexity index is 1160. The van der Waals surface area contributed by atoms with E-state index < -0.39 is 0 Å².